The van der Waals surface area contributed by atoms with Crippen LogP contribution in [-0.4, -0.2) is 5.33 Å². The van der Waals surface area contributed by atoms with Crippen molar-refractivity contribution in [2.75, 3.05) is 5.33 Å². The summed E-state index contributed by atoms with van der Waals surface area (Å²) < 4.78 is 13.9. The molecule has 0 N–H and O–H groups in total. The van der Waals surface area contributed by atoms with Crippen LogP contribution in [0.5, 0.6) is 0 Å². The highest BCUT2D eigenvalue weighted by Crippen LogP contribution is 2.26. The number of alkyl halides is 1. The third-order valence-electron chi connectivity index (χ3n) is 3.21. The Morgan fingerprint density at radius 1 is 1.05 bits per heavy atom. The van der Waals surface area contributed by atoms with Crippen LogP contribution in [0.15, 0.2) is 46.9 Å². The van der Waals surface area contributed by atoms with Crippen molar-refractivity contribution in [3.63, 3.8) is 0 Å². The first kappa shape index (κ1) is 16.0. The molecule has 1 atom stereocenters. The molecule has 1 unspecified atom stereocenters. The lowest BCUT2D eigenvalue weighted by molar-refractivity contribution is 0.586. The molecule has 2 aromatic rings. The van der Waals surface area contributed by atoms with Crippen LogP contribution >= 0.6 is 43.5 Å². The van der Waals surface area contributed by atoms with Gasteiger partial charge in [-0.2, -0.15) is 0 Å². The van der Waals surface area contributed by atoms with Gasteiger partial charge in [0.05, 0.1) is 0 Å². The lowest BCUT2D eigenvalue weighted by atomic mass is 9.94. The van der Waals surface area contributed by atoms with Gasteiger partial charge in [-0.3, -0.25) is 0 Å². The van der Waals surface area contributed by atoms with Crippen molar-refractivity contribution < 1.29 is 4.39 Å². The summed E-state index contributed by atoms with van der Waals surface area (Å²) in [5, 5.41) is 1.68. The molecule has 0 heterocycles. The SMILES string of the molecule is Fc1ccc(CC(CBr)Cc2ccccc2Cl)c(Br)c1. The van der Waals surface area contributed by atoms with Gasteiger partial charge in [0.25, 0.3) is 0 Å². The van der Waals surface area contributed by atoms with Gasteiger partial charge in [0.2, 0.25) is 0 Å². The van der Waals surface area contributed by atoms with Crippen LogP contribution in [0.3, 0.4) is 0 Å². The summed E-state index contributed by atoms with van der Waals surface area (Å²) in [4.78, 5) is 0. The molecule has 0 aliphatic heterocycles. The second-order valence-electron chi connectivity index (χ2n) is 4.76. The highest BCUT2D eigenvalue weighted by molar-refractivity contribution is 9.10. The monoisotopic (exact) mass is 418 g/mol. The first-order valence-corrected chi connectivity index (χ1v) is 8.62. The third kappa shape index (κ3) is 4.31. The van der Waals surface area contributed by atoms with Crippen LogP contribution in [0.1, 0.15) is 11.1 Å². The van der Waals surface area contributed by atoms with Gasteiger partial charge in [0.1, 0.15) is 5.82 Å². The van der Waals surface area contributed by atoms with Gasteiger partial charge in [-0.1, -0.05) is 67.7 Å². The molecule has 2 rings (SSSR count). The summed E-state index contributed by atoms with van der Waals surface area (Å²) in [5.74, 6) is 0.193. The molecule has 0 aromatic heterocycles. The summed E-state index contributed by atoms with van der Waals surface area (Å²) >= 11 is 13.2. The normalized spacial score (nSPS) is 12.4. The van der Waals surface area contributed by atoms with Crippen molar-refractivity contribution >= 4 is 43.5 Å². The number of benzene rings is 2. The predicted molar refractivity (Wildman–Crippen MR) is 90.2 cm³/mol. The molecule has 0 radical (unpaired) electrons. The first-order valence-electron chi connectivity index (χ1n) is 6.33. The van der Waals surface area contributed by atoms with E-state index in [9.17, 15) is 4.39 Å². The standard InChI is InChI=1S/C16H14Br2ClF/c17-10-11(8-13-3-1-2-4-16(13)19)7-12-5-6-14(20)9-15(12)18/h1-6,9,11H,7-8,10H2. The maximum atomic E-state index is 13.1. The van der Waals surface area contributed by atoms with E-state index < -0.39 is 0 Å². The van der Waals surface area contributed by atoms with Gasteiger partial charge in [0, 0.05) is 14.8 Å². The number of rotatable bonds is 5. The Labute approximate surface area is 140 Å². The molecule has 0 saturated heterocycles. The fraction of sp³-hybridized carbons (Fsp3) is 0.250. The average molecular weight is 421 g/mol. The molecule has 106 valence electrons. The van der Waals surface area contributed by atoms with Gasteiger partial charge in [-0.25, -0.2) is 4.39 Å². The lowest BCUT2D eigenvalue weighted by Gasteiger charge is -2.16. The average Bonchev–Trinajstić information content (AvgIpc) is 2.43. The molecular weight excluding hydrogens is 406 g/mol. The summed E-state index contributed by atoms with van der Waals surface area (Å²) in [7, 11) is 0. The van der Waals surface area contributed by atoms with Crippen molar-refractivity contribution in [1.29, 1.82) is 0 Å². The molecule has 0 aliphatic rings. The molecule has 0 saturated carbocycles. The van der Waals surface area contributed by atoms with Crippen LogP contribution in [0.4, 0.5) is 4.39 Å². The van der Waals surface area contributed by atoms with E-state index in [1.165, 1.54) is 12.1 Å². The minimum absolute atomic E-state index is 0.220. The molecule has 0 fully saturated rings. The summed E-state index contributed by atoms with van der Waals surface area (Å²) in [5.41, 5.74) is 2.26. The van der Waals surface area contributed by atoms with E-state index in [1.807, 2.05) is 24.3 Å². The quantitative estimate of drug-likeness (QED) is 0.518. The van der Waals surface area contributed by atoms with E-state index >= 15 is 0 Å². The number of hydrogen-bond donors (Lipinski definition) is 0. The van der Waals surface area contributed by atoms with Gasteiger partial charge >= 0.3 is 0 Å². The largest absolute Gasteiger partial charge is 0.207 e. The summed E-state index contributed by atoms with van der Waals surface area (Å²) in [6, 6.07) is 12.7. The second-order valence-corrected chi connectivity index (χ2v) is 6.66. The molecule has 4 heteroatoms. The Hall–Kier alpha value is -0.380. The van der Waals surface area contributed by atoms with Crippen LogP contribution in [-0.2, 0) is 12.8 Å². The van der Waals surface area contributed by atoms with Crippen LogP contribution in [0.25, 0.3) is 0 Å². The second kappa shape index (κ2) is 7.58. The van der Waals surface area contributed by atoms with Crippen LogP contribution < -0.4 is 0 Å². The fourth-order valence-electron chi connectivity index (χ4n) is 2.15. The maximum absolute atomic E-state index is 13.1. The highest BCUT2D eigenvalue weighted by atomic mass is 79.9. The van der Waals surface area contributed by atoms with Crippen LogP contribution in [0.2, 0.25) is 5.02 Å². The van der Waals surface area contributed by atoms with Gasteiger partial charge in [0.15, 0.2) is 0 Å². The third-order valence-corrected chi connectivity index (χ3v) is 5.23. The first-order chi connectivity index (χ1) is 9.60. The minimum atomic E-state index is -0.220. The van der Waals surface area contributed by atoms with Gasteiger partial charge < -0.3 is 0 Å². The predicted octanol–water partition coefficient (Wildman–Crippen LogP) is 6.04. The highest BCUT2D eigenvalue weighted by Gasteiger charge is 2.13. The van der Waals surface area contributed by atoms with Gasteiger partial charge in [-0.15, -0.1) is 0 Å². The summed E-state index contributed by atoms with van der Waals surface area (Å²) in [6.45, 7) is 0. The zero-order chi connectivity index (χ0) is 14.5. The minimum Gasteiger partial charge on any atom is -0.207 e. The zero-order valence-corrected chi connectivity index (χ0v) is 14.7. The van der Waals surface area contributed by atoms with E-state index in [0.29, 0.717) is 5.92 Å². The molecule has 2 aromatic carbocycles. The van der Waals surface area contributed by atoms with Crippen LogP contribution in [0, 0.1) is 11.7 Å². The zero-order valence-electron chi connectivity index (χ0n) is 10.8. The smallest absolute Gasteiger partial charge is 0.124 e. The van der Waals surface area contributed by atoms with E-state index in [2.05, 4.69) is 37.9 Å². The van der Waals surface area contributed by atoms with E-state index in [-0.39, 0.29) is 5.82 Å². The summed E-state index contributed by atoms with van der Waals surface area (Å²) in [6.07, 6.45) is 1.77. The van der Waals surface area contributed by atoms with Gasteiger partial charge in [-0.05, 0) is 48.1 Å². The Morgan fingerprint density at radius 2 is 1.75 bits per heavy atom. The number of hydrogen-bond acceptors (Lipinski definition) is 0. The molecular formula is C16H14Br2ClF. The van der Waals surface area contributed by atoms with Crippen molar-refractivity contribution in [3.05, 3.63) is 68.9 Å². The molecule has 0 amide bonds. The molecule has 0 aliphatic carbocycles. The molecule has 0 bridgehead atoms. The fourth-order valence-corrected chi connectivity index (χ4v) is 3.34. The topological polar surface area (TPSA) is 0 Å². The van der Waals surface area contributed by atoms with Crippen molar-refractivity contribution in [2.45, 2.75) is 12.8 Å². The Balaban J connectivity index is 2.11. The van der Waals surface area contributed by atoms with E-state index in [4.69, 9.17) is 11.6 Å². The maximum Gasteiger partial charge on any atom is 0.124 e. The van der Waals surface area contributed by atoms with E-state index in [0.717, 1.165) is 38.8 Å². The van der Waals surface area contributed by atoms with E-state index in [1.54, 1.807) is 0 Å². The number of halogens is 4. The van der Waals surface area contributed by atoms with Crippen molar-refractivity contribution in [1.82, 2.24) is 0 Å². The molecule has 20 heavy (non-hydrogen) atoms. The molecule has 0 spiro atoms. The van der Waals surface area contributed by atoms with Crippen molar-refractivity contribution in [2.24, 2.45) is 5.92 Å². The Bertz CT molecular complexity index is 586. The Morgan fingerprint density at radius 3 is 2.40 bits per heavy atom. The van der Waals surface area contributed by atoms with Crippen molar-refractivity contribution in [3.8, 4) is 0 Å². The Kier molecular flexibility index (Phi) is 6.06. The lowest BCUT2D eigenvalue weighted by Crippen LogP contribution is -2.10. The molecule has 0 nitrogen and oxygen atoms in total.